The molecule has 0 heterocycles. The molecule has 15 heavy (non-hydrogen) atoms. The van der Waals surface area contributed by atoms with Gasteiger partial charge in [-0.05, 0) is 45.4 Å². The van der Waals surface area contributed by atoms with Gasteiger partial charge in [-0.2, -0.15) is 0 Å². The summed E-state index contributed by atoms with van der Waals surface area (Å²) in [4.78, 5) is 0. The van der Waals surface area contributed by atoms with Crippen LogP contribution in [-0.2, 0) is 0 Å². The lowest BCUT2D eigenvalue weighted by Gasteiger charge is -2.25. The summed E-state index contributed by atoms with van der Waals surface area (Å²) in [7, 11) is 0. The molecule has 0 amide bonds. The van der Waals surface area contributed by atoms with E-state index in [9.17, 15) is 0 Å². The fourth-order valence-electron chi connectivity index (χ4n) is 2.08. The van der Waals surface area contributed by atoms with Crippen LogP contribution in [0.15, 0.2) is 23.0 Å². The van der Waals surface area contributed by atoms with Crippen molar-refractivity contribution in [3.63, 3.8) is 0 Å². The Morgan fingerprint density at radius 2 is 2.33 bits per heavy atom. The van der Waals surface area contributed by atoms with E-state index in [1.165, 1.54) is 24.8 Å². The Balaban J connectivity index is 0. The fourth-order valence-corrected chi connectivity index (χ4v) is 2.23. The lowest BCUT2D eigenvalue weighted by molar-refractivity contribution is 0.446. The molecule has 2 nitrogen and oxygen atoms in total. The van der Waals surface area contributed by atoms with Crippen LogP contribution in [0.5, 0.6) is 0 Å². The summed E-state index contributed by atoms with van der Waals surface area (Å²) < 4.78 is 0. The van der Waals surface area contributed by atoms with Crippen LogP contribution in [0, 0.1) is 5.92 Å². The van der Waals surface area contributed by atoms with Crippen LogP contribution in [0.2, 0.25) is 0 Å². The first-order valence-corrected chi connectivity index (χ1v) is 5.90. The standard InChI is InChI=1S/C12H20N2S.2H2/c1-9-3-4-11(5-10(9)2)6-12(7-13)14-8-15;;/h7-8,11H,3-6,13H2,1-2H3,(H,14,15);2*1H/b12-7-;;. The number of hydrogen-bond donors (Lipinski definition) is 2. The van der Waals surface area contributed by atoms with Gasteiger partial charge in [-0.1, -0.05) is 23.4 Å². The predicted molar refractivity (Wildman–Crippen MR) is 73.6 cm³/mol. The van der Waals surface area contributed by atoms with Crippen molar-refractivity contribution in [3.05, 3.63) is 23.0 Å². The second-order valence-corrected chi connectivity index (χ2v) is 4.56. The van der Waals surface area contributed by atoms with Crippen molar-refractivity contribution in [3.8, 4) is 0 Å². The quantitative estimate of drug-likeness (QED) is 0.572. The monoisotopic (exact) mass is 228 g/mol. The topological polar surface area (TPSA) is 38.0 Å². The van der Waals surface area contributed by atoms with E-state index in [-0.39, 0.29) is 2.85 Å². The molecular weight excluding hydrogens is 204 g/mol. The third-order valence-electron chi connectivity index (χ3n) is 3.21. The van der Waals surface area contributed by atoms with Gasteiger partial charge in [0.05, 0.1) is 5.49 Å². The zero-order valence-electron chi connectivity index (χ0n) is 9.55. The molecule has 3 heteroatoms. The molecule has 1 aliphatic rings. The van der Waals surface area contributed by atoms with Crippen molar-refractivity contribution in [1.82, 2.24) is 5.32 Å². The molecule has 0 aromatic heterocycles. The Bertz CT molecular complexity index is 301. The first kappa shape index (κ1) is 12.2. The highest BCUT2D eigenvalue weighted by Gasteiger charge is 2.17. The van der Waals surface area contributed by atoms with Crippen molar-refractivity contribution < 1.29 is 2.85 Å². The molecule has 88 valence electrons. The molecule has 1 atom stereocenters. The van der Waals surface area contributed by atoms with Crippen LogP contribution in [0.1, 0.15) is 42.4 Å². The van der Waals surface area contributed by atoms with E-state index in [0.717, 1.165) is 12.1 Å². The summed E-state index contributed by atoms with van der Waals surface area (Å²) >= 11 is 4.76. The van der Waals surface area contributed by atoms with Crippen LogP contribution in [0.4, 0.5) is 0 Å². The number of allylic oxidation sites excluding steroid dienone is 3. The molecule has 0 aliphatic heterocycles. The smallest absolute Gasteiger partial charge is 0.0656 e. The van der Waals surface area contributed by atoms with Crippen LogP contribution < -0.4 is 11.1 Å². The van der Waals surface area contributed by atoms with Crippen LogP contribution in [0.25, 0.3) is 0 Å². The van der Waals surface area contributed by atoms with Gasteiger partial charge in [-0.15, -0.1) is 0 Å². The minimum atomic E-state index is 0. The van der Waals surface area contributed by atoms with Gasteiger partial charge in [-0.3, -0.25) is 0 Å². The summed E-state index contributed by atoms with van der Waals surface area (Å²) in [5, 5.41) is 3.02. The molecule has 0 bridgehead atoms. The molecule has 0 aromatic carbocycles. The first-order chi connectivity index (χ1) is 7.17. The van der Waals surface area contributed by atoms with Gasteiger partial charge >= 0.3 is 0 Å². The maximum absolute atomic E-state index is 5.54. The molecule has 0 fully saturated rings. The zero-order valence-corrected chi connectivity index (χ0v) is 10.4. The first-order valence-electron chi connectivity index (χ1n) is 5.43. The van der Waals surface area contributed by atoms with E-state index in [0.29, 0.717) is 5.92 Å². The van der Waals surface area contributed by atoms with Crippen molar-refractivity contribution in [2.24, 2.45) is 11.7 Å². The Hall–Kier alpha value is -0.830. The van der Waals surface area contributed by atoms with Gasteiger partial charge in [0.1, 0.15) is 0 Å². The maximum atomic E-state index is 5.54. The Labute approximate surface area is 101 Å². The Morgan fingerprint density at radius 3 is 2.87 bits per heavy atom. The van der Waals surface area contributed by atoms with E-state index in [1.54, 1.807) is 17.3 Å². The summed E-state index contributed by atoms with van der Waals surface area (Å²) in [6.07, 6.45) is 6.32. The lowest BCUT2D eigenvalue weighted by atomic mass is 9.83. The van der Waals surface area contributed by atoms with Gasteiger partial charge < -0.3 is 11.1 Å². The number of hydrogen-bond acceptors (Lipinski definition) is 2. The van der Waals surface area contributed by atoms with Crippen molar-refractivity contribution in [2.45, 2.75) is 39.5 Å². The van der Waals surface area contributed by atoms with Gasteiger partial charge in [0.2, 0.25) is 0 Å². The van der Waals surface area contributed by atoms with Crippen LogP contribution in [0.3, 0.4) is 0 Å². The molecule has 1 rings (SSSR count). The van der Waals surface area contributed by atoms with Gasteiger partial charge in [0.15, 0.2) is 0 Å². The van der Waals surface area contributed by atoms with Crippen molar-refractivity contribution in [1.29, 1.82) is 0 Å². The molecule has 3 N–H and O–H groups in total. The number of nitrogens with one attached hydrogen (secondary N) is 1. The van der Waals surface area contributed by atoms with Gasteiger partial charge in [-0.25, -0.2) is 0 Å². The maximum Gasteiger partial charge on any atom is 0.0656 e. The molecule has 1 aliphatic carbocycles. The number of rotatable bonds is 4. The number of nitrogens with two attached hydrogens (primary N) is 1. The zero-order chi connectivity index (χ0) is 11.3. The summed E-state index contributed by atoms with van der Waals surface area (Å²) in [5.74, 6) is 0.714. The lowest BCUT2D eigenvalue weighted by Crippen LogP contribution is -2.17. The van der Waals surface area contributed by atoms with Crippen LogP contribution in [-0.4, -0.2) is 5.49 Å². The SMILES string of the molecule is CC1=C(C)CC(C/C(=C/N)NC=S)CC1.[HH].[HH]. The van der Waals surface area contributed by atoms with Gasteiger partial charge in [0.25, 0.3) is 0 Å². The molecule has 0 saturated carbocycles. The minimum absolute atomic E-state index is 0. The molecule has 0 aromatic rings. The highest BCUT2D eigenvalue weighted by Crippen LogP contribution is 2.32. The molecule has 0 radical (unpaired) electrons. The highest BCUT2D eigenvalue weighted by molar-refractivity contribution is 7.78. The predicted octanol–water partition coefficient (Wildman–Crippen LogP) is 3.35. The molecular formula is C12H24N2S. The van der Waals surface area contributed by atoms with E-state index in [2.05, 4.69) is 19.2 Å². The fraction of sp³-hybridized carbons (Fsp3) is 0.583. The molecule has 0 saturated heterocycles. The third-order valence-corrected chi connectivity index (χ3v) is 3.32. The highest BCUT2D eigenvalue weighted by atomic mass is 32.1. The van der Waals surface area contributed by atoms with Crippen molar-refractivity contribution >= 4 is 17.7 Å². The van der Waals surface area contributed by atoms with E-state index >= 15 is 0 Å². The normalized spacial score (nSPS) is 22.8. The average Bonchev–Trinajstić information content (AvgIpc) is 2.23. The van der Waals surface area contributed by atoms with E-state index < -0.39 is 0 Å². The van der Waals surface area contributed by atoms with Crippen LogP contribution >= 0.6 is 12.2 Å². The molecule has 0 spiro atoms. The summed E-state index contributed by atoms with van der Waals surface area (Å²) in [5.41, 5.74) is 11.2. The Morgan fingerprint density at radius 1 is 1.60 bits per heavy atom. The largest absolute Gasteiger partial charge is 0.403 e. The minimum Gasteiger partial charge on any atom is -0.403 e. The van der Waals surface area contributed by atoms with E-state index in [4.69, 9.17) is 18.0 Å². The third kappa shape index (κ3) is 3.67. The number of thiocarbonyl (C=S) groups is 1. The second kappa shape index (κ2) is 5.91. The summed E-state index contributed by atoms with van der Waals surface area (Å²) in [6, 6.07) is 0. The summed E-state index contributed by atoms with van der Waals surface area (Å²) in [6.45, 7) is 4.47. The second-order valence-electron chi connectivity index (χ2n) is 4.33. The van der Waals surface area contributed by atoms with Gasteiger partial charge in [0, 0.05) is 14.8 Å². The Kier molecular flexibility index (Phi) is 4.82. The van der Waals surface area contributed by atoms with Crippen molar-refractivity contribution in [2.75, 3.05) is 0 Å². The van der Waals surface area contributed by atoms with E-state index in [1.807, 2.05) is 0 Å². The average molecular weight is 228 g/mol. The molecule has 1 unspecified atom stereocenters.